The molecule has 110 valence electrons. The fraction of sp³-hybridized carbons (Fsp3) is 0.133. The first kappa shape index (κ1) is 16.1. The third-order valence-electron chi connectivity index (χ3n) is 3.06. The summed E-state index contributed by atoms with van der Waals surface area (Å²) >= 11 is 15.5. The number of hydrogen-bond acceptors (Lipinski definition) is 2. The summed E-state index contributed by atoms with van der Waals surface area (Å²) in [4.78, 5) is 12.3. The molecule has 3 N–H and O–H groups in total. The third kappa shape index (κ3) is 3.90. The van der Waals surface area contributed by atoms with E-state index in [1.807, 2.05) is 12.1 Å². The zero-order valence-electron chi connectivity index (χ0n) is 11.2. The number of nitrogens with one attached hydrogen (secondary N) is 1. The van der Waals surface area contributed by atoms with Gasteiger partial charge in [0.05, 0.1) is 21.7 Å². The minimum Gasteiger partial charge on any atom is -0.399 e. The lowest BCUT2D eigenvalue weighted by Crippen LogP contribution is -2.19. The molecular weight excluding hydrogens is 375 g/mol. The van der Waals surface area contributed by atoms with Gasteiger partial charge in [-0.2, -0.15) is 0 Å². The van der Waals surface area contributed by atoms with Crippen LogP contribution in [0.3, 0.4) is 0 Å². The molecule has 21 heavy (non-hydrogen) atoms. The minimum absolute atomic E-state index is 0.202. The summed E-state index contributed by atoms with van der Waals surface area (Å²) < 4.78 is 0.749. The van der Waals surface area contributed by atoms with Crippen molar-refractivity contribution >= 4 is 56.4 Å². The zero-order valence-corrected chi connectivity index (χ0v) is 14.3. The maximum Gasteiger partial charge on any atom is 0.231 e. The highest BCUT2D eigenvalue weighted by molar-refractivity contribution is 9.10. The summed E-state index contributed by atoms with van der Waals surface area (Å²) in [5.74, 6) is -0.573. The normalized spacial score (nSPS) is 12.0. The van der Waals surface area contributed by atoms with Crippen LogP contribution in [0.4, 0.5) is 11.4 Å². The molecule has 0 saturated carbocycles. The van der Waals surface area contributed by atoms with Gasteiger partial charge < -0.3 is 11.1 Å². The third-order valence-corrected chi connectivity index (χ3v) is 4.11. The fourth-order valence-corrected chi connectivity index (χ4v) is 3.18. The predicted molar refractivity (Wildman–Crippen MR) is 92.1 cm³/mol. The van der Waals surface area contributed by atoms with Gasteiger partial charge in [0.2, 0.25) is 5.91 Å². The van der Waals surface area contributed by atoms with Crippen molar-refractivity contribution in [3.05, 3.63) is 56.5 Å². The molecule has 0 aliphatic carbocycles. The molecule has 2 aromatic carbocycles. The van der Waals surface area contributed by atoms with Crippen LogP contribution in [-0.4, -0.2) is 5.91 Å². The number of benzene rings is 2. The highest BCUT2D eigenvalue weighted by atomic mass is 79.9. The van der Waals surface area contributed by atoms with Crippen molar-refractivity contribution in [1.29, 1.82) is 0 Å². The van der Waals surface area contributed by atoms with Crippen LogP contribution in [0.25, 0.3) is 0 Å². The fourth-order valence-electron chi connectivity index (χ4n) is 1.87. The molecule has 2 aromatic rings. The largest absolute Gasteiger partial charge is 0.399 e. The topological polar surface area (TPSA) is 55.1 Å². The molecule has 0 radical (unpaired) electrons. The highest BCUT2D eigenvalue weighted by Gasteiger charge is 2.18. The number of nitrogen functional groups attached to an aromatic ring is 1. The summed E-state index contributed by atoms with van der Waals surface area (Å²) in [5, 5.41) is 3.51. The summed E-state index contributed by atoms with van der Waals surface area (Å²) in [5.41, 5.74) is 7.59. The van der Waals surface area contributed by atoms with Crippen molar-refractivity contribution in [3.8, 4) is 0 Å². The van der Waals surface area contributed by atoms with E-state index in [0.29, 0.717) is 21.4 Å². The van der Waals surface area contributed by atoms with Crippen molar-refractivity contribution in [2.45, 2.75) is 12.8 Å². The standard InChI is InChI=1S/C15H13BrCl2N2O/c1-8(9-3-2-4-11(19)5-9)15(21)20-14-12(17)6-10(16)7-13(14)18/h2-8H,19H2,1H3,(H,20,21). The van der Waals surface area contributed by atoms with Crippen LogP contribution in [-0.2, 0) is 4.79 Å². The molecule has 2 rings (SSSR count). The van der Waals surface area contributed by atoms with E-state index < -0.39 is 0 Å². The molecule has 0 saturated heterocycles. The Labute approximate surface area is 141 Å². The quantitative estimate of drug-likeness (QED) is 0.721. The number of anilines is 2. The predicted octanol–water partition coefficient (Wildman–Crippen LogP) is 5.08. The molecule has 3 nitrogen and oxygen atoms in total. The van der Waals surface area contributed by atoms with Gasteiger partial charge in [-0.1, -0.05) is 51.3 Å². The first-order chi connectivity index (χ1) is 9.88. The molecule has 0 spiro atoms. The van der Waals surface area contributed by atoms with Crippen LogP contribution in [0.1, 0.15) is 18.4 Å². The maximum atomic E-state index is 12.3. The van der Waals surface area contributed by atoms with Crippen molar-refractivity contribution < 1.29 is 4.79 Å². The van der Waals surface area contributed by atoms with Crippen LogP contribution in [0.15, 0.2) is 40.9 Å². The van der Waals surface area contributed by atoms with Gasteiger partial charge in [-0.25, -0.2) is 0 Å². The molecule has 1 atom stereocenters. The summed E-state index contributed by atoms with van der Waals surface area (Å²) in [7, 11) is 0. The molecule has 6 heteroatoms. The Balaban J connectivity index is 2.22. The van der Waals surface area contributed by atoms with E-state index in [-0.39, 0.29) is 11.8 Å². The average molecular weight is 388 g/mol. The Morgan fingerprint density at radius 1 is 1.24 bits per heavy atom. The second-order valence-electron chi connectivity index (χ2n) is 4.63. The zero-order chi connectivity index (χ0) is 15.6. The van der Waals surface area contributed by atoms with E-state index in [4.69, 9.17) is 28.9 Å². The number of hydrogen-bond donors (Lipinski definition) is 2. The molecule has 0 aliphatic heterocycles. The lowest BCUT2D eigenvalue weighted by atomic mass is 10.00. The number of carbonyl (C=O) groups is 1. The van der Waals surface area contributed by atoms with Gasteiger partial charge >= 0.3 is 0 Å². The van der Waals surface area contributed by atoms with Gasteiger partial charge in [-0.05, 0) is 36.8 Å². The number of nitrogens with two attached hydrogens (primary N) is 1. The van der Waals surface area contributed by atoms with Gasteiger partial charge in [0.25, 0.3) is 0 Å². The molecule has 0 fully saturated rings. The second kappa shape index (κ2) is 6.69. The van der Waals surface area contributed by atoms with E-state index in [0.717, 1.165) is 10.0 Å². The van der Waals surface area contributed by atoms with Crippen LogP contribution < -0.4 is 11.1 Å². The average Bonchev–Trinajstić information content (AvgIpc) is 2.41. The molecule has 0 aliphatic rings. The lowest BCUT2D eigenvalue weighted by molar-refractivity contribution is -0.117. The molecule has 1 amide bonds. The van der Waals surface area contributed by atoms with Gasteiger partial charge in [0, 0.05) is 10.2 Å². The molecule has 0 aromatic heterocycles. The molecule has 0 heterocycles. The SMILES string of the molecule is CC(C(=O)Nc1c(Cl)cc(Br)cc1Cl)c1cccc(N)c1. The van der Waals surface area contributed by atoms with Gasteiger partial charge in [0.15, 0.2) is 0 Å². The number of rotatable bonds is 3. The second-order valence-corrected chi connectivity index (χ2v) is 6.36. The Bertz CT molecular complexity index is 668. The van der Waals surface area contributed by atoms with Crippen molar-refractivity contribution in [2.24, 2.45) is 0 Å². The smallest absolute Gasteiger partial charge is 0.231 e. The number of carbonyl (C=O) groups excluding carboxylic acids is 1. The number of amides is 1. The van der Waals surface area contributed by atoms with Gasteiger partial charge in [0.1, 0.15) is 0 Å². The summed E-state index contributed by atoms with van der Waals surface area (Å²) in [6, 6.07) is 10.6. The lowest BCUT2D eigenvalue weighted by Gasteiger charge is -2.15. The van der Waals surface area contributed by atoms with E-state index in [9.17, 15) is 4.79 Å². The van der Waals surface area contributed by atoms with Crippen LogP contribution in [0.5, 0.6) is 0 Å². The summed E-state index contributed by atoms with van der Waals surface area (Å²) in [6.07, 6.45) is 0. The molecule has 1 unspecified atom stereocenters. The van der Waals surface area contributed by atoms with E-state index in [2.05, 4.69) is 21.2 Å². The van der Waals surface area contributed by atoms with Crippen molar-refractivity contribution in [3.63, 3.8) is 0 Å². The monoisotopic (exact) mass is 386 g/mol. The minimum atomic E-state index is -0.371. The first-order valence-electron chi connectivity index (χ1n) is 6.19. The first-order valence-corrected chi connectivity index (χ1v) is 7.74. The van der Waals surface area contributed by atoms with E-state index in [1.165, 1.54) is 0 Å². The van der Waals surface area contributed by atoms with Crippen molar-refractivity contribution in [1.82, 2.24) is 0 Å². The Morgan fingerprint density at radius 2 is 1.86 bits per heavy atom. The van der Waals surface area contributed by atoms with E-state index >= 15 is 0 Å². The van der Waals surface area contributed by atoms with Crippen LogP contribution >= 0.6 is 39.1 Å². The van der Waals surface area contributed by atoms with Gasteiger partial charge in [-0.15, -0.1) is 0 Å². The number of halogens is 3. The molecule has 0 bridgehead atoms. The Morgan fingerprint density at radius 3 is 2.43 bits per heavy atom. The Hall–Kier alpha value is -1.23. The summed E-state index contributed by atoms with van der Waals surface area (Å²) in [6.45, 7) is 1.80. The highest BCUT2D eigenvalue weighted by Crippen LogP contribution is 2.34. The van der Waals surface area contributed by atoms with Crippen LogP contribution in [0.2, 0.25) is 10.0 Å². The maximum absolute atomic E-state index is 12.3. The van der Waals surface area contributed by atoms with E-state index in [1.54, 1.807) is 31.2 Å². The Kier molecular flexibility index (Phi) is 5.14. The van der Waals surface area contributed by atoms with Gasteiger partial charge in [-0.3, -0.25) is 4.79 Å². The molecular formula is C15H13BrCl2N2O. The van der Waals surface area contributed by atoms with Crippen LogP contribution in [0, 0.1) is 0 Å². The van der Waals surface area contributed by atoms with Crippen molar-refractivity contribution in [2.75, 3.05) is 11.1 Å².